The van der Waals surface area contributed by atoms with E-state index in [4.69, 9.17) is 73.0 Å². The summed E-state index contributed by atoms with van der Waals surface area (Å²) in [7, 11) is -18.1. The van der Waals surface area contributed by atoms with Crippen molar-refractivity contribution in [2.75, 3.05) is 0 Å². The number of halogens is 4. The van der Waals surface area contributed by atoms with Crippen molar-refractivity contribution in [1.82, 2.24) is 0 Å². The molecule has 0 saturated heterocycles. The van der Waals surface area contributed by atoms with E-state index < -0.39 is 71.6 Å². The van der Waals surface area contributed by atoms with Crippen molar-refractivity contribution in [1.29, 1.82) is 0 Å². The molecule has 4 aromatic carbocycles. The van der Waals surface area contributed by atoms with E-state index in [1.807, 2.05) is 0 Å². The summed E-state index contributed by atoms with van der Waals surface area (Å²) in [5.74, 6) is 0. The molecule has 0 amide bonds. The molecule has 14 nitrogen and oxygen atoms in total. The Bertz CT molecular complexity index is 2010. The van der Waals surface area contributed by atoms with Crippen LogP contribution in [0.3, 0.4) is 0 Å². The molecule has 0 bridgehead atoms. The number of hydrogen-bond donors (Lipinski definition) is 4. The molecule has 0 heterocycles. The minimum absolute atomic E-state index is 0. The van der Waals surface area contributed by atoms with Crippen LogP contribution < -0.4 is 0 Å². The SMILES string of the molecule is O=S(=O)(O)c1cc(-c2ccc(Cl)c(S(=O)(=O)O)c2)ccc1Cl.O=S(=O)(O)c1cc(-c2ccc(Cl)c(S(=O)(=O)O)c2)ccc1Cl.O=S=O.[NaH]. The average molecular weight is 855 g/mol. The molecule has 0 spiro atoms. The summed E-state index contributed by atoms with van der Waals surface area (Å²) in [6.07, 6.45) is 0. The molecule has 256 valence electrons. The fourth-order valence-electron chi connectivity index (χ4n) is 3.52. The van der Waals surface area contributed by atoms with Crippen LogP contribution in [0, 0.1) is 0 Å². The van der Waals surface area contributed by atoms with Crippen LogP contribution in [0.15, 0.2) is 92.4 Å². The van der Waals surface area contributed by atoms with Crippen molar-refractivity contribution in [2.45, 2.75) is 19.6 Å². The van der Waals surface area contributed by atoms with Crippen LogP contribution in [-0.4, -0.2) is 89.9 Å². The first-order chi connectivity index (χ1) is 21.4. The molecule has 0 radical (unpaired) electrons. The molecule has 0 saturated carbocycles. The molecule has 0 aliphatic carbocycles. The predicted octanol–water partition coefficient (Wildman–Crippen LogP) is 4.99. The second kappa shape index (κ2) is 17.6. The van der Waals surface area contributed by atoms with Gasteiger partial charge in [-0.3, -0.25) is 18.2 Å². The van der Waals surface area contributed by atoms with Crippen molar-refractivity contribution in [2.24, 2.45) is 0 Å². The Morgan fingerprint density at radius 2 is 0.542 bits per heavy atom. The van der Waals surface area contributed by atoms with Gasteiger partial charge in [-0.25, -0.2) is 0 Å². The van der Waals surface area contributed by atoms with Crippen LogP contribution in [0.25, 0.3) is 22.3 Å². The first kappa shape index (κ1) is 44.5. The second-order valence-corrected chi connectivity index (χ2v) is 15.9. The van der Waals surface area contributed by atoms with Gasteiger partial charge >= 0.3 is 41.1 Å². The van der Waals surface area contributed by atoms with Crippen molar-refractivity contribution in [3.05, 3.63) is 92.9 Å². The summed E-state index contributed by atoms with van der Waals surface area (Å²) < 4.78 is 143. The molecule has 24 heteroatoms. The third-order valence-corrected chi connectivity index (χ3v) is 10.8. The molecule has 4 aromatic rings. The predicted molar refractivity (Wildman–Crippen MR) is 179 cm³/mol. The Morgan fingerprint density at radius 3 is 0.667 bits per heavy atom. The van der Waals surface area contributed by atoms with Gasteiger partial charge in [-0.05, 0) is 70.8 Å². The molecule has 0 fully saturated rings. The maximum absolute atomic E-state index is 11.2. The standard InChI is InChI=1S/2C12H8Cl2O6S2.Na.O2S.H/c2*13-9-3-1-7(5-11(9)21(15,16)17)8-2-4-10(14)12(6-8)22(18,19)20;;1-3-2;/h2*1-6H,(H,15,16,17)(H,18,19,20);;;. The van der Waals surface area contributed by atoms with Gasteiger partial charge in [0, 0.05) is 0 Å². The van der Waals surface area contributed by atoms with E-state index in [0.29, 0.717) is 0 Å². The normalized spacial score (nSPS) is 11.6. The Labute approximate surface area is 319 Å². The van der Waals surface area contributed by atoms with Gasteiger partial charge in [0.1, 0.15) is 19.6 Å². The Hall–Kier alpha value is -1.50. The van der Waals surface area contributed by atoms with Gasteiger partial charge in [-0.2, -0.15) is 42.1 Å². The van der Waals surface area contributed by atoms with Crippen LogP contribution in [0.4, 0.5) is 0 Å². The van der Waals surface area contributed by atoms with Crippen LogP contribution in [0.1, 0.15) is 0 Å². The van der Waals surface area contributed by atoms with Crippen molar-refractivity contribution in [3.8, 4) is 22.3 Å². The molecule has 48 heavy (non-hydrogen) atoms. The van der Waals surface area contributed by atoms with Crippen molar-refractivity contribution < 1.29 is 60.3 Å². The Morgan fingerprint density at radius 1 is 0.396 bits per heavy atom. The van der Waals surface area contributed by atoms with Gasteiger partial charge in [0.2, 0.25) is 0 Å². The zero-order valence-electron chi connectivity index (χ0n) is 22.4. The van der Waals surface area contributed by atoms with Crippen molar-refractivity contribution in [3.63, 3.8) is 0 Å². The van der Waals surface area contributed by atoms with E-state index in [1.54, 1.807) is 0 Å². The molecule has 4 rings (SSSR count). The van der Waals surface area contributed by atoms with Gasteiger partial charge in [-0.15, -0.1) is 0 Å². The van der Waals surface area contributed by atoms with E-state index in [1.165, 1.54) is 48.5 Å². The molecule has 0 aromatic heterocycles. The third kappa shape index (κ3) is 12.4. The molecular weight excluding hydrogens is 837 g/mol. The van der Waals surface area contributed by atoms with E-state index in [-0.39, 0.29) is 71.9 Å². The third-order valence-electron chi connectivity index (χ3n) is 5.50. The molecular formula is C24H17Cl4NaO14S5. The van der Waals surface area contributed by atoms with Crippen LogP contribution >= 0.6 is 46.4 Å². The zero-order chi connectivity index (χ0) is 36.1. The molecule has 0 aliphatic rings. The molecule has 4 N–H and O–H groups in total. The maximum atomic E-state index is 11.2. The van der Waals surface area contributed by atoms with Crippen LogP contribution in [0.5, 0.6) is 0 Å². The van der Waals surface area contributed by atoms with E-state index in [9.17, 15) is 33.7 Å². The second-order valence-electron chi connectivity index (χ2n) is 8.55. The number of rotatable bonds is 6. The quantitative estimate of drug-likeness (QED) is 0.147. The monoisotopic (exact) mass is 852 g/mol. The van der Waals surface area contributed by atoms with Crippen molar-refractivity contribution >= 4 is 128 Å². The molecule has 0 aliphatic heterocycles. The summed E-state index contributed by atoms with van der Waals surface area (Å²) in [4.78, 5) is -2.07. The van der Waals surface area contributed by atoms with Gasteiger partial charge in [-0.1, -0.05) is 70.7 Å². The minimum atomic E-state index is -4.54. The first-order valence-electron chi connectivity index (χ1n) is 11.4. The van der Waals surface area contributed by atoms with Gasteiger partial charge < -0.3 is 0 Å². The van der Waals surface area contributed by atoms with Gasteiger partial charge in [0.25, 0.3) is 40.5 Å². The Balaban J connectivity index is 0.000000435. The summed E-state index contributed by atoms with van der Waals surface area (Å²) in [5.41, 5.74) is 1.05. The molecule has 0 unspecified atom stereocenters. The topological polar surface area (TPSA) is 252 Å². The molecule has 0 atom stereocenters. The van der Waals surface area contributed by atoms with E-state index in [0.717, 1.165) is 24.3 Å². The average Bonchev–Trinajstić information content (AvgIpc) is 2.92. The summed E-state index contributed by atoms with van der Waals surface area (Å²) in [6.45, 7) is 0. The zero-order valence-corrected chi connectivity index (χ0v) is 29.5. The van der Waals surface area contributed by atoms with Gasteiger partial charge in [0.15, 0.2) is 0 Å². The number of benzene rings is 4. The summed E-state index contributed by atoms with van der Waals surface area (Å²) >= 11 is 22.1. The Kier molecular flexibility index (Phi) is 16.3. The van der Waals surface area contributed by atoms with E-state index >= 15 is 0 Å². The van der Waals surface area contributed by atoms with Crippen LogP contribution in [0.2, 0.25) is 20.1 Å². The summed E-state index contributed by atoms with van der Waals surface area (Å²) in [5, 5.41) is -0.740. The van der Waals surface area contributed by atoms with E-state index in [2.05, 4.69) is 0 Å². The first-order valence-corrected chi connectivity index (χ1v) is 19.4. The fourth-order valence-corrected chi connectivity index (χ4v) is 7.52. The number of hydrogen-bond acceptors (Lipinski definition) is 10. The van der Waals surface area contributed by atoms with Crippen LogP contribution in [-0.2, 0) is 52.0 Å². The summed E-state index contributed by atoms with van der Waals surface area (Å²) in [6, 6.07) is 15.0. The fraction of sp³-hybridized carbons (Fsp3) is 0. The van der Waals surface area contributed by atoms with Gasteiger partial charge in [0.05, 0.1) is 20.1 Å².